The highest BCUT2D eigenvalue weighted by Gasteiger charge is 2.43. The van der Waals surface area contributed by atoms with Gasteiger partial charge < -0.3 is 15.9 Å². The third kappa shape index (κ3) is 2.62. The molecule has 0 aromatic heterocycles. The molecule has 0 heterocycles. The number of nitrogens with two attached hydrogens (primary N) is 1. The number of aromatic carboxylic acids is 1. The van der Waals surface area contributed by atoms with E-state index in [2.05, 4.69) is 0 Å². The Labute approximate surface area is 143 Å². The molecule has 0 amide bonds. The number of fused-ring (bicyclic) bond motifs is 1. The van der Waals surface area contributed by atoms with Gasteiger partial charge in [-0.05, 0) is 36.3 Å². The van der Waals surface area contributed by atoms with Crippen LogP contribution in [0.3, 0.4) is 0 Å². The molecule has 2 aromatic rings. The number of phenols is 1. The highest BCUT2D eigenvalue weighted by Crippen LogP contribution is 2.34. The summed E-state index contributed by atoms with van der Waals surface area (Å²) < 4.78 is 0. The van der Waals surface area contributed by atoms with Crippen LogP contribution in [0, 0.1) is 0 Å². The lowest BCUT2D eigenvalue weighted by molar-refractivity contribution is -0.120. The van der Waals surface area contributed by atoms with Gasteiger partial charge >= 0.3 is 5.97 Å². The molecule has 4 N–H and O–H groups in total. The van der Waals surface area contributed by atoms with Gasteiger partial charge in [0.1, 0.15) is 16.9 Å². The Morgan fingerprint density at radius 2 is 1.84 bits per heavy atom. The van der Waals surface area contributed by atoms with Gasteiger partial charge in [-0.2, -0.15) is 0 Å². The van der Waals surface area contributed by atoms with Crippen LogP contribution in [0.1, 0.15) is 38.8 Å². The largest absolute Gasteiger partial charge is 0.507 e. The first-order valence-electron chi connectivity index (χ1n) is 7.49. The fourth-order valence-electron chi connectivity index (χ4n) is 2.90. The van der Waals surface area contributed by atoms with Gasteiger partial charge in [-0.1, -0.05) is 30.3 Å². The zero-order valence-electron chi connectivity index (χ0n) is 13.3. The van der Waals surface area contributed by atoms with Gasteiger partial charge in [-0.15, -0.1) is 0 Å². The molecule has 1 aliphatic carbocycles. The molecule has 0 saturated carbocycles. The third-order valence-corrected chi connectivity index (χ3v) is 4.25. The molecule has 0 saturated heterocycles. The molecule has 0 bridgehead atoms. The van der Waals surface area contributed by atoms with Crippen LogP contribution in [-0.2, 0) is 10.3 Å². The molecule has 0 aliphatic heterocycles. The summed E-state index contributed by atoms with van der Waals surface area (Å²) in [5.41, 5.74) is 5.48. The van der Waals surface area contributed by atoms with E-state index < -0.39 is 28.8 Å². The number of carbonyl (C=O) groups is 3. The maximum atomic E-state index is 12.7. The summed E-state index contributed by atoms with van der Waals surface area (Å²) in [7, 11) is 0. The molecule has 2 aromatic carbocycles. The maximum absolute atomic E-state index is 12.7. The molecule has 0 radical (unpaired) electrons. The maximum Gasteiger partial charge on any atom is 0.339 e. The van der Waals surface area contributed by atoms with E-state index in [0.717, 1.165) is 0 Å². The Balaban J connectivity index is 2.17. The summed E-state index contributed by atoms with van der Waals surface area (Å²) in [5, 5.41) is 18.7. The van der Waals surface area contributed by atoms with Crippen molar-refractivity contribution in [2.75, 3.05) is 0 Å². The van der Waals surface area contributed by atoms with Gasteiger partial charge in [0.15, 0.2) is 11.6 Å². The summed E-state index contributed by atoms with van der Waals surface area (Å²) in [6.45, 7) is 1.54. The molecule has 1 aliphatic rings. The number of aromatic hydroxyl groups is 1. The Kier molecular flexibility index (Phi) is 3.77. The topological polar surface area (TPSA) is 118 Å². The first-order chi connectivity index (χ1) is 11.7. The van der Waals surface area contributed by atoms with Gasteiger partial charge in [0.05, 0.1) is 5.57 Å². The average Bonchev–Trinajstić information content (AvgIpc) is 2.58. The smallest absolute Gasteiger partial charge is 0.339 e. The summed E-state index contributed by atoms with van der Waals surface area (Å²) >= 11 is 0. The SMILES string of the molecule is CC1(N)C(=O)/C(=C\c2ccc(O)c(C(=O)O)c2)C(=O)c2ccccc21. The molecule has 6 nitrogen and oxygen atoms in total. The van der Waals surface area contributed by atoms with E-state index >= 15 is 0 Å². The molecule has 1 unspecified atom stereocenters. The van der Waals surface area contributed by atoms with Crippen molar-refractivity contribution >= 4 is 23.6 Å². The number of hydrogen-bond donors (Lipinski definition) is 3. The van der Waals surface area contributed by atoms with E-state index in [0.29, 0.717) is 16.7 Å². The normalized spacial score (nSPS) is 21.3. The first kappa shape index (κ1) is 16.6. The summed E-state index contributed by atoms with van der Waals surface area (Å²) in [6.07, 6.45) is 1.30. The van der Waals surface area contributed by atoms with Gasteiger partial charge in [0.25, 0.3) is 0 Å². The molecule has 126 valence electrons. The van der Waals surface area contributed by atoms with Gasteiger partial charge in [0, 0.05) is 5.56 Å². The Hall–Kier alpha value is -3.25. The van der Waals surface area contributed by atoms with E-state index in [1.165, 1.54) is 31.2 Å². The number of benzene rings is 2. The van der Waals surface area contributed by atoms with Crippen molar-refractivity contribution < 1.29 is 24.6 Å². The molecule has 6 heteroatoms. The van der Waals surface area contributed by atoms with Crippen LogP contribution in [0.15, 0.2) is 48.0 Å². The van der Waals surface area contributed by atoms with Crippen LogP contribution in [0.2, 0.25) is 0 Å². The fourth-order valence-corrected chi connectivity index (χ4v) is 2.90. The Morgan fingerprint density at radius 3 is 2.52 bits per heavy atom. The molecule has 25 heavy (non-hydrogen) atoms. The number of carboxylic acid groups (broad SMARTS) is 1. The monoisotopic (exact) mass is 337 g/mol. The minimum Gasteiger partial charge on any atom is -0.507 e. The van der Waals surface area contributed by atoms with Crippen LogP contribution in [0.4, 0.5) is 0 Å². The van der Waals surface area contributed by atoms with E-state index in [4.69, 9.17) is 10.8 Å². The van der Waals surface area contributed by atoms with Crippen LogP contribution in [0.25, 0.3) is 6.08 Å². The second-order valence-corrected chi connectivity index (χ2v) is 6.05. The van der Waals surface area contributed by atoms with Gasteiger partial charge in [-0.3, -0.25) is 9.59 Å². The fraction of sp³-hybridized carbons (Fsp3) is 0.105. The van der Waals surface area contributed by atoms with Gasteiger partial charge in [-0.25, -0.2) is 4.79 Å². The highest BCUT2D eigenvalue weighted by molar-refractivity contribution is 6.34. The number of ketones is 2. The molecular formula is C19H15NO5. The quantitative estimate of drug-likeness (QED) is 0.571. The van der Waals surface area contributed by atoms with Crippen molar-refractivity contribution in [1.29, 1.82) is 0 Å². The third-order valence-electron chi connectivity index (χ3n) is 4.25. The van der Waals surface area contributed by atoms with Crippen molar-refractivity contribution in [1.82, 2.24) is 0 Å². The zero-order valence-corrected chi connectivity index (χ0v) is 13.3. The number of rotatable bonds is 2. The second-order valence-electron chi connectivity index (χ2n) is 6.05. The van der Waals surface area contributed by atoms with E-state index in [9.17, 15) is 19.5 Å². The first-order valence-corrected chi connectivity index (χ1v) is 7.49. The van der Waals surface area contributed by atoms with Gasteiger partial charge in [0.2, 0.25) is 0 Å². The lowest BCUT2D eigenvalue weighted by atomic mass is 9.74. The van der Waals surface area contributed by atoms with E-state index in [1.54, 1.807) is 24.3 Å². The summed E-state index contributed by atoms with van der Waals surface area (Å²) in [6, 6.07) is 10.4. The van der Waals surface area contributed by atoms with Crippen LogP contribution in [-0.4, -0.2) is 27.7 Å². The summed E-state index contributed by atoms with van der Waals surface area (Å²) in [5.74, 6) is -2.72. The van der Waals surface area contributed by atoms with Crippen molar-refractivity contribution in [3.05, 3.63) is 70.3 Å². The predicted molar refractivity (Wildman–Crippen MR) is 90.4 cm³/mol. The van der Waals surface area contributed by atoms with Crippen molar-refractivity contribution in [2.45, 2.75) is 12.5 Å². The molecular weight excluding hydrogens is 322 g/mol. The van der Waals surface area contributed by atoms with Crippen molar-refractivity contribution in [3.8, 4) is 5.75 Å². The minimum absolute atomic E-state index is 0.120. The van der Waals surface area contributed by atoms with E-state index in [-0.39, 0.29) is 11.1 Å². The molecule has 1 atom stereocenters. The predicted octanol–water partition coefficient (Wildman–Crippen LogP) is 2.11. The Bertz CT molecular complexity index is 956. The zero-order chi connectivity index (χ0) is 18.4. The van der Waals surface area contributed by atoms with Crippen molar-refractivity contribution in [3.63, 3.8) is 0 Å². The second kappa shape index (κ2) is 5.68. The van der Waals surface area contributed by atoms with E-state index in [1.807, 2.05) is 0 Å². The number of carboxylic acids is 1. The molecule has 0 spiro atoms. The highest BCUT2D eigenvalue weighted by atomic mass is 16.4. The minimum atomic E-state index is -1.36. The molecule has 0 fully saturated rings. The standard InChI is InChI=1S/C19H15NO5/c1-19(20)14-5-3-2-4-11(14)16(22)13(17(19)23)9-10-6-7-15(21)12(8-10)18(24)25/h2-9,21H,20H2,1H3,(H,24,25)/b13-9-. The average molecular weight is 337 g/mol. The van der Waals surface area contributed by atoms with Crippen LogP contribution in [0.5, 0.6) is 5.75 Å². The number of Topliss-reactive ketones (excluding diaryl/α,β-unsaturated/α-hetero) is 2. The number of hydrogen-bond acceptors (Lipinski definition) is 5. The lowest BCUT2D eigenvalue weighted by Gasteiger charge is -2.31. The number of carbonyl (C=O) groups excluding carboxylic acids is 2. The lowest BCUT2D eigenvalue weighted by Crippen LogP contribution is -2.48. The molecule has 3 rings (SSSR count). The Morgan fingerprint density at radius 1 is 1.16 bits per heavy atom. The summed E-state index contributed by atoms with van der Waals surface area (Å²) in [4.78, 5) is 36.6. The van der Waals surface area contributed by atoms with Crippen LogP contribution >= 0.6 is 0 Å². The van der Waals surface area contributed by atoms with Crippen molar-refractivity contribution in [2.24, 2.45) is 5.73 Å². The van der Waals surface area contributed by atoms with Crippen LogP contribution < -0.4 is 5.73 Å².